The van der Waals surface area contributed by atoms with E-state index in [1.165, 1.54) is 7.11 Å². The Kier molecular flexibility index (Phi) is 8.45. The van der Waals surface area contributed by atoms with Crippen LogP contribution in [0.4, 0.5) is 0 Å². The predicted octanol–water partition coefficient (Wildman–Crippen LogP) is 7.74. The second-order valence-electron chi connectivity index (χ2n) is 13.3. The van der Waals surface area contributed by atoms with Gasteiger partial charge in [-0.05, 0) is 59.1 Å². The summed E-state index contributed by atoms with van der Waals surface area (Å²) in [4.78, 5) is 41.6. The lowest BCUT2D eigenvalue weighted by atomic mass is 9.63. The summed E-state index contributed by atoms with van der Waals surface area (Å²) in [6.45, 7) is 8.61. The standard InChI is InChI=1S/C34H37Cl2NO6/c1-33(2)14-23-30(25(38)16-33)29(31-24(37(23)11-10-28(40)41)15-34(3,4)17-26(31)39)20-12-22(36)32(27(13-20)42-5)43-18-19-6-8-21(35)9-7-19/h6-9,12-13,29H,10-11,14-18H2,1-5H3,(H,40,41). The van der Waals surface area contributed by atoms with E-state index in [0.717, 1.165) is 17.0 Å². The van der Waals surface area contributed by atoms with Crippen LogP contribution in [0.15, 0.2) is 58.9 Å². The summed E-state index contributed by atoms with van der Waals surface area (Å²) in [5.74, 6) is -0.911. The van der Waals surface area contributed by atoms with Crippen molar-refractivity contribution in [2.45, 2.75) is 72.3 Å². The van der Waals surface area contributed by atoms with Crippen LogP contribution in [0.2, 0.25) is 10.0 Å². The maximum Gasteiger partial charge on any atom is 0.305 e. The van der Waals surface area contributed by atoms with Gasteiger partial charge in [-0.1, -0.05) is 63.0 Å². The van der Waals surface area contributed by atoms with Crippen molar-refractivity contribution in [3.05, 3.63) is 80.1 Å². The van der Waals surface area contributed by atoms with Crippen molar-refractivity contribution in [2.75, 3.05) is 13.7 Å². The zero-order chi connectivity index (χ0) is 31.3. The molecule has 9 heteroatoms. The van der Waals surface area contributed by atoms with Crippen LogP contribution in [0.25, 0.3) is 0 Å². The highest BCUT2D eigenvalue weighted by molar-refractivity contribution is 6.32. The van der Waals surface area contributed by atoms with Crippen LogP contribution >= 0.6 is 23.2 Å². The molecule has 0 amide bonds. The van der Waals surface area contributed by atoms with Crippen LogP contribution in [-0.2, 0) is 21.0 Å². The zero-order valence-electron chi connectivity index (χ0n) is 25.2. The maximum atomic E-state index is 14.0. The first-order valence-electron chi connectivity index (χ1n) is 14.5. The molecule has 228 valence electrons. The van der Waals surface area contributed by atoms with Gasteiger partial charge in [-0.15, -0.1) is 0 Å². The fraction of sp³-hybridized carbons (Fsp3) is 0.441. The molecule has 1 heterocycles. The summed E-state index contributed by atoms with van der Waals surface area (Å²) in [7, 11) is 1.52. The Labute approximate surface area is 262 Å². The number of benzene rings is 2. The molecule has 0 atom stereocenters. The van der Waals surface area contributed by atoms with Crippen molar-refractivity contribution in [1.29, 1.82) is 0 Å². The van der Waals surface area contributed by atoms with Crippen LogP contribution in [0.1, 0.15) is 76.8 Å². The zero-order valence-corrected chi connectivity index (χ0v) is 26.7. The topological polar surface area (TPSA) is 93.1 Å². The fourth-order valence-electron chi connectivity index (χ4n) is 6.64. The lowest BCUT2D eigenvalue weighted by molar-refractivity contribution is -0.137. The number of aliphatic carboxylic acids is 1. The molecule has 5 rings (SSSR count). The SMILES string of the molecule is COc1cc(C2C3=C(CC(C)(C)CC3=O)N(CCC(=O)O)C3=C2C(=O)CC(C)(C)C3)cc(Cl)c1OCc1ccc(Cl)cc1. The molecule has 0 saturated heterocycles. The Hall–Kier alpha value is -3.29. The van der Waals surface area contributed by atoms with E-state index >= 15 is 0 Å². The number of hydrogen-bond acceptors (Lipinski definition) is 6. The third kappa shape index (κ3) is 6.34. The molecule has 0 saturated carbocycles. The van der Waals surface area contributed by atoms with Gasteiger partial charge in [-0.3, -0.25) is 14.4 Å². The molecule has 0 unspecified atom stereocenters. The van der Waals surface area contributed by atoms with Crippen molar-refractivity contribution in [1.82, 2.24) is 4.90 Å². The summed E-state index contributed by atoms with van der Waals surface area (Å²) in [5, 5.41) is 10.5. The van der Waals surface area contributed by atoms with Crippen LogP contribution < -0.4 is 9.47 Å². The maximum absolute atomic E-state index is 14.0. The highest BCUT2D eigenvalue weighted by Gasteiger charge is 2.49. The summed E-state index contributed by atoms with van der Waals surface area (Å²) in [6.07, 6.45) is 1.71. The second kappa shape index (κ2) is 11.7. The van der Waals surface area contributed by atoms with E-state index in [2.05, 4.69) is 0 Å². The van der Waals surface area contributed by atoms with E-state index in [9.17, 15) is 19.5 Å². The Morgan fingerprint density at radius 2 is 1.49 bits per heavy atom. The molecule has 1 N–H and O–H groups in total. The van der Waals surface area contributed by atoms with Gasteiger partial charge in [-0.25, -0.2) is 0 Å². The molecule has 7 nitrogen and oxygen atoms in total. The molecule has 43 heavy (non-hydrogen) atoms. The summed E-state index contributed by atoms with van der Waals surface area (Å²) < 4.78 is 11.8. The number of ether oxygens (including phenoxy) is 2. The normalized spacial score (nSPS) is 19.7. The van der Waals surface area contributed by atoms with Gasteiger partial charge < -0.3 is 19.5 Å². The summed E-state index contributed by atoms with van der Waals surface area (Å²) in [6, 6.07) is 10.9. The van der Waals surface area contributed by atoms with Gasteiger partial charge >= 0.3 is 5.97 Å². The average molecular weight is 627 g/mol. The molecule has 1 aliphatic heterocycles. The van der Waals surface area contributed by atoms with E-state index in [0.29, 0.717) is 63.9 Å². The fourth-order valence-corrected chi connectivity index (χ4v) is 7.04. The number of hydrogen-bond donors (Lipinski definition) is 1. The second-order valence-corrected chi connectivity index (χ2v) is 14.1. The molecule has 2 aromatic rings. The first-order chi connectivity index (χ1) is 20.2. The van der Waals surface area contributed by atoms with E-state index in [-0.39, 0.29) is 42.0 Å². The Morgan fingerprint density at radius 3 is 2.00 bits per heavy atom. The van der Waals surface area contributed by atoms with Crippen molar-refractivity contribution >= 4 is 40.7 Å². The lowest BCUT2D eigenvalue weighted by Gasteiger charge is -2.49. The van der Waals surface area contributed by atoms with E-state index in [1.54, 1.807) is 24.3 Å². The molecule has 3 aliphatic rings. The Balaban J connectivity index is 1.65. The number of carbonyl (C=O) groups excluding carboxylic acids is 2. The monoisotopic (exact) mass is 625 g/mol. The Morgan fingerprint density at radius 1 is 0.930 bits per heavy atom. The van der Waals surface area contributed by atoms with Crippen molar-refractivity contribution in [3.8, 4) is 11.5 Å². The number of Topliss-reactive ketones (excluding diaryl/α,β-unsaturated/α-hetero) is 2. The van der Waals surface area contributed by atoms with Crippen LogP contribution in [0.5, 0.6) is 11.5 Å². The van der Waals surface area contributed by atoms with E-state index in [1.807, 2.05) is 44.7 Å². The number of rotatable bonds is 8. The van der Waals surface area contributed by atoms with Crippen LogP contribution in [0, 0.1) is 10.8 Å². The molecule has 0 spiro atoms. The Bertz CT molecular complexity index is 1500. The molecule has 2 aromatic carbocycles. The third-order valence-corrected chi connectivity index (χ3v) is 8.99. The van der Waals surface area contributed by atoms with Gasteiger partial charge in [0.2, 0.25) is 0 Å². The van der Waals surface area contributed by atoms with Gasteiger partial charge in [0.1, 0.15) is 6.61 Å². The van der Waals surface area contributed by atoms with Crippen LogP contribution in [-0.4, -0.2) is 41.2 Å². The quantitative estimate of drug-likeness (QED) is 0.320. The largest absolute Gasteiger partial charge is 0.493 e. The van der Waals surface area contributed by atoms with Gasteiger partial charge in [0, 0.05) is 52.9 Å². The summed E-state index contributed by atoms with van der Waals surface area (Å²) >= 11 is 12.9. The van der Waals surface area contributed by atoms with Gasteiger partial charge in [0.25, 0.3) is 0 Å². The lowest BCUT2D eigenvalue weighted by Crippen LogP contribution is -2.45. The molecule has 0 fully saturated rings. The molecular weight excluding hydrogens is 589 g/mol. The minimum atomic E-state index is -0.931. The molecule has 2 aliphatic carbocycles. The van der Waals surface area contributed by atoms with Crippen LogP contribution in [0.3, 0.4) is 0 Å². The number of carboxylic acids is 1. The number of ketones is 2. The van der Waals surface area contributed by atoms with E-state index in [4.69, 9.17) is 32.7 Å². The number of carbonyl (C=O) groups is 3. The first kappa shape index (κ1) is 31.1. The van der Waals surface area contributed by atoms with Gasteiger partial charge in [-0.2, -0.15) is 0 Å². The number of allylic oxidation sites excluding steroid dienone is 4. The van der Waals surface area contributed by atoms with Crippen molar-refractivity contribution in [3.63, 3.8) is 0 Å². The van der Waals surface area contributed by atoms with Crippen molar-refractivity contribution in [2.24, 2.45) is 10.8 Å². The van der Waals surface area contributed by atoms with Gasteiger partial charge in [0.05, 0.1) is 18.6 Å². The third-order valence-electron chi connectivity index (χ3n) is 8.45. The predicted molar refractivity (Wildman–Crippen MR) is 166 cm³/mol. The minimum Gasteiger partial charge on any atom is -0.493 e. The number of halogens is 2. The van der Waals surface area contributed by atoms with E-state index < -0.39 is 11.9 Å². The molecular formula is C34H37Cl2NO6. The van der Waals surface area contributed by atoms with Gasteiger partial charge in [0.15, 0.2) is 23.1 Å². The highest BCUT2D eigenvalue weighted by Crippen LogP contribution is 2.55. The number of nitrogens with zero attached hydrogens (tertiary/aromatic N) is 1. The molecule has 0 aromatic heterocycles. The highest BCUT2D eigenvalue weighted by atomic mass is 35.5. The molecule has 0 radical (unpaired) electrons. The summed E-state index contributed by atoms with van der Waals surface area (Å²) in [5.41, 5.74) is 3.63. The smallest absolute Gasteiger partial charge is 0.305 e. The average Bonchev–Trinajstić information content (AvgIpc) is 2.90. The number of carboxylic acid groups (broad SMARTS) is 1. The minimum absolute atomic E-state index is 0.0427. The first-order valence-corrected chi connectivity index (χ1v) is 15.2. The molecule has 0 bridgehead atoms. The number of methoxy groups -OCH3 is 1. The van der Waals surface area contributed by atoms with Crippen molar-refractivity contribution < 1.29 is 29.0 Å².